The number of rotatable bonds is 4. The fourth-order valence-corrected chi connectivity index (χ4v) is 3.97. The van der Waals surface area contributed by atoms with Gasteiger partial charge in [-0.15, -0.1) is 0 Å². The molecule has 16 heavy (non-hydrogen) atoms. The summed E-state index contributed by atoms with van der Waals surface area (Å²) in [5, 5.41) is -1.40. The van der Waals surface area contributed by atoms with E-state index in [0.29, 0.717) is 0 Å². The normalized spacial score (nSPS) is 21.2. The summed E-state index contributed by atoms with van der Waals surface area (Å²) in [6.45, 7) is 3.72. The molecule has 0 saturated heterocycles. The molecular formula is C4H13O9P3. The van der Waals surface area contributed by atoms with Crippen LogP contribution in [-0.4, -0.2) is 24.7 Å². The first-order valence-corrected chi connectivity index (χ1v) is 8.40. The van der Waals surface area contributed by atoms with Crippen LogP contribution in [0, 0.1) is 0 Å². The molecule has 0 aromatic rings. The predicted octanol–water partition coefficient (Wildman–Crippen LogP) is 1.20. The van der Waals surface area contributed by atoms with E-state index in [4.69, 9.17) is 14.7 Å². The summed E-state index contributed by atoms with van der Waals surface area (Å²) in [5.74, 6) is 0. The second-order valence-corrected chi connectivity index (χ2v) is 9.42. The van der Waals surface area contributed by atoms with Crippen molar-refractivity contribution in [2.45, 2.75) is 25.9 Å². The number of hydrogen-bond acceptors (Lipinski definition) is 5. The van der Waals surface area contributed by atoms with E-state index >= 15 is 0 Å². The summed E-state index contributed by atoms with van der Waals surface area (Å²) in [4.78, 5) is 34.6. The van der Waals surface area contributed by atoms with Crippen molar-refractivity contribution < 1.29 is 41.9 Å². The van der Waals surface area contributed by atoms with Crippen LogP contribution in [0.5, 0.6) is 0 Å². The topological polar surface area (TPSA) is 151 Å². The Morgan fingerprint density at radius 1 is 0.875 bits per heavy atom. The Bertz CT molecular complexity index is 388. The molecule has 0 aromatic heterocycles. The van der Waals surface area contributed by atoms with E-state index in [9.17, 15) is 18.6 Å². The lowest BCUT2D eigenvalue weighted by Crippen LogP contribution is -2.15. The maximum absolute atomic E-state index is 11.4. The van der Waals surface area contributed by atoms with Crippen LogP contribution < -0.4 is 0 Å². The lowest BCUT2D eigenvalue weighted by Gasteiger charge is -2.26. The molecule has 0 heterocycles. The van der Waals surface area contributed by atoms with E-state index in [-0.39, 0.29) is 0 Å². The van der Waals surface area contributed by atoms with Crippen molar-refractivity contribution >= 4 is 23.2 Å². The molecule has 12 heteroatoms. The Morgan fingerprint density at radius 3 is 1.50 bits per heavy atom. The van der Waals surface area contributed by atoms with Crippen molar-refractivity contribution in [2.24, 2.45) is 0 Å². The van der Waals surface area contributed by atoms with E-state index in [1.54, 1.807) is 0 Å². The van der Waals surface area contributed by atoms with Gasteiger partial charge in [0.2, 0.25) is 0 Å². The molecule has 0 aliphatic heterocycles. The molecule has 0 rings (SSSR count). The van der Waals surface area contributed by atoms with E-state index in [0.717, 1.165) is 0 Å². The zero-order valence-electron chi connectivity index (χ0n) is 8.67. The van der Waals surface area contributed by atoms with Crippen molar-refractivity contribution in [3.63, 3.8) is 0 Å². The highest BCUT2D eigenvalue weighted by atomic mass is 31.3. The average molecular weight is 298 g/mol. The van der Waals surface area contributed by atoms with Gasteiger partial charge in [-0.2, -0.15) is 4.31 Å². The van der Waals surface area contributed by atoms with Crippen molar-refractivity contribution in [3.8, 4) is 0 Å². The van der Waals surface area contributed by atoms with Crippen molar-refractivity contribution in [3.05, 3.63) is 0 Å². The summed E-state index contributed by atoms with van der Waals surface area (Å²) in [6, 6.07) is 0. The first-order chi connectivity index (χ1) is 6.66. The third kappa shape index (κ3) is 5.68. The maximum atomic E-state index is 11.4. The van der Waals surface area contributed by atoms with Crippen molar-refractivity contribution in [2.75, 3.05) is 0 Å². The van der Waals surface area contributed by atoms with Gasteiger partial charge >= 0.3 is 23.2 Å². The van der Waals surface area contributed by atoms with Gasteiger partial charge in [-0.3, -0.25) is 4.57 Å². The minimum Gasteiger partial charge on any atom is -0.324 e. The summed E-state index contributed by atoms with van der Waals surface area (Å²) in [5.41, 5.74) is 0. The summed E-state index contributed by atoms with van der Waals surface area (Å²) >= 11 is 0. The Morgan fingerprint density at radius 2 is 1.25 bits per heavy atom. The fraction of sp³-hybridized carbons (Fsp3) is 1.00. The highest BCUT2D eigenvalue weighted by Crippen LogP contribution is 2.69. The molecule has 0 radical (unpaired) electrons. The molecule has 0 saturated carbocycles. The van der Waals surface area contributed by atoms with Gasteiger partial charge in [0.15, 0.2) is 0 Å². The van der Waals surface area contributed by atoms with Crippen LogP contribution in [0.25, 0.3) is 0 Å². The summed E-state index contributed by atoms with van der Waals surface area (Å²) in [6.07, 6.45) is 0. The van der Waals surface area contributed by atoms with Gasteiger partial charge in [-0.1, -0.05) is 0 Å². The molecule has 2 atom stereocenters. The molecule has 0 aromatic carbocycles. The van der Waals surface area contributed by atoms with Gasteiger partial charge in [0.25, 0.3) is 0 Å². The molecule has 0 spiro atoms. The Hall–Kier alpha value is 0.450. The quantitative estimate of drug-likeness (QED) is 0.561. The van der Waals surface area contributed by atoms with Crippen LogP contribution in [0.4, 0.5) is 0 Å². The minimum atomic E-state index is -5.31. The largest absolute Gasteiger partial charge is 0.488 e. The number of phosphoric acid groups is 2. The fourth-order valence-electron chi connectivity index (χ4n) is 0.412. The molecule has 2 unspecified atom stereocenters. The van der Waals surface area contributed by atoms with Crippen molar-refractivity contribution in [1.82, 2.24) is 0 Å². The van der Waals surface area contributed by atoms with E-state index in [2.05, 4.69) is 8.62 Å². The molecule has 98 valence electrons. The average Bonchev–Trinajstić information content (AvgIpc) is 1.72. The van der Waals surface area contributed by atoms with Crippen LogP contribution in [0.1, 0.15) is 20.8 Å². The van der Waals surface area contributed by atoms with Gasteiger partial charge < -0.3 is 19.6 Å². The first-order valence-electron chi connectivity index (χ1n) is 3.80. The molecule has 4 N–H and O–H groups in total. The van der Waals surface area contributed by atoms with E-state index < -0.39 is 28.4 Å². The molecule has 0 bridgehead atoms. The zero-order valence-corrected chi connectivity index (χ0v) is 11.4. The molecule has 0 aliphatic rings. The van der Waals surface area contributed by atoms with Crippen LogP contribution in [0.15, 0.2) is 0 Å². The highest BCUT2D eigenvalue weighted by Gasteiger charge is 2.45. The monoisotopic (exact) mass is 298 g/mol. The molecule has 0 amide bonds. The third-order valence-electron chi connectivity index (χ3n) is 1.27. The van der Waals surface area contributed by atoms with Gasteiger partial charge in [-0.05, 0) is 20.8 Å². The minimum absolute atomic E-state index is 1.24. The lowest BCUT2D eigenvalue weighted by atomic mass is 10.3. The smallest absolute Gasteiger partial charge is 0.324 e. The van der Waals surface area contributed by atoms with Gasteiger partial charge in [0.1, 0.15) is 0 Å². The Kier molecular flexibility index (Phi) is 4.74. The van der Waals surface area contributed by atoms with Gasteiger partial charge in [0, 0.05) is 0 Å². The lowest BCUT2D eigenvalue weighted by molar-refractivity contribution is 0.218. The zero-order chi connectivity index (χ0) is 13.4. The second kappa shape index (κ2) is 4.61. The third-order valence-corrected chi connectivity index (χ3v) is 6.35. The van der Waals surface area contributed by atoms with Crippen molar-refractivity contribution in [1.29, 1.82) is 0 Å². The Balaban J connectivity index is 4.94. The van der Waals surface area contributed by atoms with Crippen LogP contribution >= 0.6 is 23.2 Å². The Labute approximate surface area is 91.8 Å². The van der Waals surface area contributed by atoms with E-state index in [1.807, 2.05) is 0 Å². The SMILES string of the molecule is CC(C)(C)P(=O)(O)OP(=O)(O)OP(=O)(O)O. The number of hydrogen-bond donors (Lipinski definition) is 4. The summed E-state index contributed by atoms with van der Waals surface area (Å²) < 4.78 is 39.9. The molecular weight excluding hydrogens is 285 g/mol. The van der Waals surface area contributed by atoms with E-state index in [1.165, 1.54) is 20.8 Å². The predicted molar refractivity (Wildman–Crippen MR) is 53.6 cm³/mol. The molecule has 0 fully saturated rings. The maximum Gasteiger partial charge on any atom is 0.488 e. The summed E-state index contributed by atoms with van der Waals surface area (Å²) in [7, 11) is -15.2. The molecule has 9 nitrogen and oxygen atoms in total. The van der Waals surface area contributed by atoms with Gasteiger partial charge in [-0.25, -0.2) is 13.4 Å². The highest BCUT2D eigenvalue weighted by molar-refractivity contribution is 7.68. The standard InChI is InChI=1S/C4H13O9P3/c1-4(2,3)14(5,6)12-16(10,11)13-15(7,8)9/h1-3H3,(H,5,6)(H,10,11)(H2,7,8,9). The van der Waals surface area contributed by atoms with Gasteiger partial charge in [0.05, 0.1) is 5.16 Å². The first kappa shape index (κ1) is 16.4. The van der Waals surface area contributed by atoms with Crippen LogP contribution in [-0.2, 0) is 22.3 Å². The molecule has 0 aliphatic carbocycles. The van der Waals surface area contributed by atoms with Crippen LogP contribution in [0.3, 0.4) is 0 Å². The van der Waals surface area contributed by atoms with Crippen LogP contribution in [0.2, 0.25) is 0 Å². The second-order valence-electron chi connectivity index (χ2n) is 3.81.